The predicted molar refractivity (Wildman–Crippen MR) is 242 cm³/mol. The SMILES string of the molecule is CC1(C)c2ccccc2-c2ccc(N(c3ccc(-c4ccccc4)cc3)c3ccc4oc5ccc6c(-c7cccc8oc9ccccc9c78)cccc6c5c4c3)cc21. The van der Waals surface area contributed by atoms with Crippen molar-refractivity contribution in [1.29, 1.82) is 0 Å². The maximum atomic E-state index is 6.62. The van der Waals surface area contributed by atoms with E-state index >= 15 is 0 Å². The molecule has 0 spiro atoms. The van der Waals surface area contributed by atoms with E-state index < -0.39 is 0 Å². The molecule has 0 saturated carbocycles. The molecule has 0 aliphatic heterocycles. The third kappa shape index (κ3) is 4.80. The van der Waals surface area contributed by atoms with Crippen molar-refractivity contribution in [2.75, 3.05) is 4.90 Å². The average molecular weight is 744 g/mol. The van der Waals surface area contributed by atoms with E-state index in [4.69, 9.17) is 8.83 Å². The Bertz CT molecular complexity index is 3420. The average Bonchev–Trinajstić information content (AvgIpc) is 3.92. The number of furan rings is 2. The quantitative estimate of drug-likeness (QED) is 0.176. The molecule has 1 aliphatic carbocycles. The first kappa shape index (κ1) is 32.8. The molecule has 0 N–H and O–H groups in total. The Morgan fingerprint density at radius 1 is 0.345 bits per heavy atom. The summed E-state index contributed by atoms with van der Waals surface area (Å²) in [4.78, 5) is 2.40. The molecule has 3 heteroatoms. The van der Waals surface area contributed by atoms with Crippen LogP contribution in [-0.2, 0) is 5.41 Å². The van der Waals surface area contributed by atoms with Crippen molar-refractivity contribution in [1.82, 2.24) is 0 Å². The Kier molecular flexibility index (Phi) is 6.98. The molecule has 0 amide bonds. The topological polar surface area (TPSA) is 29.5 Å². The highest BCUT2D eigenvalue weighted by molar-refractivity contribution is 6.23. The number of benzene rings is 9. The summed E-state index contributed by atoms with van der Waals surface area (Å²) in [5, 5.41) is 6.80. The van der Waals surface area contributed by atoms with Crippen molar-refractivity contribution in [2.24, 2.45) is 0 Å². The second kappa shape index (κ2) is 12.3. The summed E-state index contributed by atoms with van der Waals surface area (Å²) in [6, 6.07) is 67.7. The van der Waals surface area contributed by atoms with Gasteiger partial charge in [-0.25, -0.2) is 0 Å². The number of nitrogens with zero attached hydrogens (tertiary/aromatic N) is 1. The Morgan fingerprint density at radius 3 is 1.81 bits per heavy atom. The van der Waals surface area contributed by atoms with Crippen LogP contribution in [0.5, 0.6) is 0 Å². The van der Waals surface area contributed by atoms with E-state index in [1.807, 2.05) is 12.1 Å². The van der Waals surface area contributed by atoms with Crippen molar-refractivity contribution in [3.63, 3.8) is 0 Å². The molecule has 58 heavy (non-hydrogen) atoms. The van der Waals surface area contributed by atoms with Gasteiger partial charge in [-0.1, -0.05) is 141 Å². The minimum absolute atomic E-state index is 0.126. The zero-order valence-corrected chi connectivity index (χ0v) is 32.2. The molecule has 0 fully saturated rings. The summed E-state index contributed by atoms with van der Waals surface area (Å²) >= 11 is 0. The van der Waals surface area contributed by atoms with E-state index in [9.17, 15) is 0 Å². The summed E-state index contributed by atoms with van der Waals surface area (Å²) < 4.78 is 12.9. The largest absolute Gasteiger partial charge is 0.456 e. The van der Waals surface area contributed by atoms with E-state index in [0.29, 0.717) is 0 Å². The zero-order valence-electron chi connectivity index (χ0n) is 32.2. The number of hydrogen-bond acceptors (Lipinski definition) is 3. The maximum absolute atomic E-state index is 6.62. The number of rotatable bonds is 5. The predicted octanol–water partition coefficient (Wildman–Crippen LogP) is 15.7. The van der Waals surface area contributed by atoms with E-state index in [0.717, 1.165) is 71.9 Å². The monoisotopic (exact) mass is 743 g/mol. The normalized spacial score (nSPS) is 13.1. The van der Waals surface area contributed by atoms with E-state index in [1.165, 1.54) is 44.3 Å². The molecule has 0 radical (unpaired) electrons. The van der Waals surface area contributed by atoms with Gasteiger partial charge in [0.1, 0.15) is 22.3 Å². The molecule has 0 atom stereocenters. The van der Waals surface area contributed by atoms with Gasteiger partial charge in [-0.2, -0.15) is 0 Å². The van der Waals surface area contributed by atoms with Crippen molar-refractivity contribution < 1.29 is 8.83 Å². The lowest BCUT2D eigenvalue weighted by Gasteiger charge is -2.28. The van der Waals surface area contributed by atoms with E-state index in [2.05, 4.69) is 195 Å². The molecule has 2 heterocycles. The van der Waals surface area contributed by atoms with Crippen LogP contribution >= 0.6 is 0 Å². The van der Waals surface area contributed by atoms with E-state index in [-0.39, 0.29) is 5.41 Å². The smallest absolute Gasteiger partial charge is 0.136 e. The Labute approximate surface area is 336 Å². The highest BCUT2D eigenvalue weighted by Crippen LogP contribution is 2.51. The van der Waals surface area contributed by atoms with Crippen LogP contribution in [0.15, 0.2) is 197 Å². The number of para-hydroxylation sites is 1. The van der Waals surface area contributed by atoms with E-state index in [1.54, 1.807) is 0 Å². The lowest BCUT2D eigenvalue weighted by Crippen LogP contribution is -2.16. The lowest BCUT2D eigenvalue weighted by molar-refractivity contribution is 0.660. The number of fused-ring (bicyclic) bond motifs is 11. The minimum atomic E-state index is -0.126. The van der Waals surface area contributed by atoms with Crippen LogP contribution in [0.3, 0.4) is 0 Å². The summed E-state index contributed by atoms with van der Waals surface area (Å²) in [5.74, 6) is 0. The van der Waals surface area contributed by atoms with Gasteiger partial charge in [0, 0.05) is 44.0 Å². The summed E-state index contributed by atoms with van der Waals surface area (Å²) in [6.45, 7) is 4.69. The highest BCUT2D eigenvalue weighted by Gasteiger charge is 2.35. The van der Waals surface area contributed by atoms with Gasteiger partial charge < -0.3 is 13.7 Å². The number of anilines is 3. The first-order valence-electron chi connectivity index (χ1n) is 20.0. The van der Waals surface area contributed by atoms with Gasteiger partial charge in [0.15, 0.2) is 0 Å². The second-order valence-corrected chi connectivity index (χ2v) is 16.0. The molecule has 1 aliphatic rings. The molecule has 274 valence electrons. The molecule has 2 aromatic heterocycles. The van der Waals surface area contributed by atoms with Gasteiger partial charge in [0.25, 0.3) is 0 Å². The fourth-order valence-corrected chi connectivity index (χ4v) is 9.71. The molecule has 9 aromatic carbocycles. The second-order valence-electron chi connectivity index (χ2n) is 16.0. The molecular weight excluding hydrogens is 707 g/mol. The van der Waals surface area contributed by atoms with Crippen LogP contribution in [0, 0.1) is 0 Å². The van der Waals surface area contributed by atoms with Crippen LogP contribution < -0.4 is 4.90 Å². The van der Waals surface area contributed by atoms with Gasteiger partial charge in [0.2, 0.25) is 0 Å². The molecule has 0 unspecified atom stereocenters. The fraction of sp³-hybridized carbons (Fsp3) is 0.0545. The van der Waals surface area contributed by atoms with Gasteiger partial charge in [-0.05, 0) is 116 Å². The minimum Gasteiger partial charge on any atom is -0.456 e. The molecule has 0 bridgehead atoms. The Morgan fingerprint density at radius 2 is 0.931 bits per heavy atom. The highest BCUT2D eigenvalue weighted by atomic mass is 16.3. The molecule has 3 nitrogen and oxygen atoms in total. The lowest BCUT2D eigenvalue weighted by atomic mass is 9.82. The van der Waals surface area contributed by atoms with Crippen LogP contribution in [0.25, 0.3) is 88.0 Å². The van der Waals surface area contributed by atoms with Crippen LogP contribution in [0.2, 0.25) is 0 Å². The van der Waals surface area contributed by atoms with Crippen molar-refractivity contribution in [2.45, 2.75) is 19.3 Å². The van der Waals surface area contributed by atoms with Crippen LogP contribution in [0.4, 0.5) is 17.1 Å². The molecular formula is C55H37NO2. The van der Waals surface area contributed by atoms with Gasteiger partial charge >= 0.3 is 0 Å². The summed E-state index contributed by atoms with van der Waals surface area (Å²) in [5.41, 5.74) is 16.7. The van der Waals surface area contributed by atoms with Gasteiger partial charge in [-0.15, -0.1) is 0 Å². The fourth-order valence-electron chi connectivity index (χ4n) is 9.71. The first-order chi connectivity index (χ1) is 28.5. The Hall–Kier alpha value is -7.36. The first-order valence-corrected chi connectivity index (χ1v) is 20.0. The van der Waals surface area contributed by atoms with Crippen molar-refractivity contribution in [3.05, 3.63) is 199 Å². The van der Waals surface area contributed by atoms with Crippen molar-refractivity contribution in [3.8, 4) is 33.4 Å². The van der Waals surface area contributed by atoms with Crippen molar-refractivity contribution >= 4 is 71.7 Å². The summed E-state index contributed by atoms with van der Waals surface area (Å²) in [6.07, 6.45) is 0. The maximum Gasteiger partial charge on any atom is 0.136 e. The third-order valence-corrected chi connectivity index (χ3v) is 12.5. The third-order valence-electron chi connectivity index (χ3n) is 12.5. The molecule has 0 saturated heterocycles. The molecule has 12 rings (SSSR count). The standard InChI is InChI=1S/C55H37NO2/c1-55(2)47-19-8-6-14-41(47)42-28-26-38(33-48(42)55)56(36-24-22-35(23-25-36)34-12-4-3-5-13-34)37-27-30-50-46(32-37)54-44-17-10-16-39(40(44)29-31-52(54)58-50)43-18-11-21-51-53(43)45-15-7-9-20-49(45)57-51/h3-33H,1-2H3. The van der Waals surface area contributed by atoms with Crippen LogP contribution in [-0.4, -0.2) is 0 Å². The zero-order chi connectivity index (χ0) is 38.5. The number of hydrogen-bond donors (Lipinski definition) is 0. The van der Waals surface area contributed by atoms with Gasteiger partial charge in [-0.3, -0.25) is 0 Å². The Balaban J connectivity index is 1.06. The molecule has 11 aromatic rings. The summed E-state index contributed by atoms with van der Waals surface area (Å²) in [7, 11) is 0. The van der Waals surface area contributed by atoms with Crippen LogP contribution in [0.1, 0.15) is 25.0 Å². The van der Waals surface area contributed by atoms with Gasteiger partial charge in [0.05, 0.1) is 0 Å².